The van der Waals surface area contributed by atoms with Gasteiger partial charge in [0, 0.05) is 23.8 Å². The Balaban J connectivity index is 1.81. The lowest BCUT2D eigenvalue weighted by Crippen LogP contribution is -2.06. The fourth-order valence-corrected chi connectivity index (χ4v) is 3.66. The Labute approximate surface area is 154 Å². The monoisotopic (exact) mass is 347 g/mol. The maximum absolute atomic E-state index is 8.93. The first-order chi connectivity index (χ1) is 12.7. The van der Waals surface area contributed by atoms with Crippen LogP contribution in [0.4, 0.5) is 5.69 Å². The van der Waals surface area contributed by atoms with Crippen LogP contribution in [-0.2, 0) is 0 Å². The van der Waals surface area contributed by atoms with Crippen LogP contribution in [0.1, 0.15) is 62.1 Å². The number of allylic oxidation sites excluding steroid dienone is 1. The van der Waals surface area contributed by atoms with Crippen LogP contribution in [0.25, 0.3) is 17.5 Å². The molecule has 0 saturated heterocycles. The zero-order valence-corrected chi connectivity index (χ0v) is 15.0. The van der Waals surface area contributed by atoms with E-state index in [1.807, 2.05) is 30.5 Å². The van der Waals surface area contributed by atoms with Gasteiger partial charge in [-0.3, -0.25) is 4.98 Å². The highest BCUT2D eigenvalue weighted by molar-refractivity contribution is 5.88. The van der Waals surface area contributed by atoms with Gasteiger partial charge in [0.05, 0.1) is 17.0 Å². The molecular weight excluding hydrogens is 322 g/mol. The van der Waals surface area contributed by atoms with Crippen LogP contribution in [0.2, 0.25) is 0 Å². The minimum Gasteiger partial charge on any atom is -0.398 e. The molecule has 0 bridgehead atoms. The minimum absolute atomic E-state index is 0.297. The largest absolute Gasteiger partial charge is 0.398 e. The second-order valence-electron chi connectivity index (χ2n) is 6.92. The molecule has 0 aromatic carbocycles. The maximum atomic E-state index is 8.93. The highest BCUT2D eigenvalue weighted by atomic mass is 14.8. The van der Waals surface area contributed by atoms with Crippen LogP contribution in [0.5, 0.6) is 0 Å². The van der Waals surface area contributed by atoms with Crippen molar-refractivity contribution in [3.05, 3.63) is 41.2 Å². The third kappa shape index (κ3) is 4.20. The zero-order valence-electron chi connectivity index (χ0n) is 15.0. The molecule has 134 valence electrons. The molecule has 4 N–H and O–H groups in total. The van der Waals surface area contributed by atoms with Gasteiger partial charge in [0.2, 0.25) is 0 Å². The number of aromatic amines is 1. The second kappa shape index (κ2) is 8.48. The lowest BCUT2D eigenvalue weighted by atomic mass is 9.86. The van der Waals surface area contributed by atoms with E-state index >= 15 is 0 Å². The van der Waals surface area contributed by atoms with Crippen molar-refractivity contribution in [1.82, 2.24) is 9.97 Å². The molecule has 0 atom stereocenters. The van der Waals surface area contributed by atoms with Crippen molar-refractivity contribution in [3.63, 3.8) is 0 Å². The number of nitriles is 1. The van der Waals surface area contributed by atoms with Crippen LogP contribution in [-0.4, -0.2) is 16.2 Å². The lowest BCUT2D eigenvalue weighted by Gasteiger charge is -2.21. The Morgan fingerprint density at radius 1 is 1.23 bits per heavy atom. The van der Waals surface area contributed by atoms with Gasteiger partial charge < -0.3 is 16.1 Å². The van der Waals surface area contributed by atoms with Crippen molar-refractivity contribution in [3.8, 4) is 17.5 Å². The molecule has 5 heteroatoms. The van der Waals surface area contributed by atoms with Gasteiger partial charge >= 0.3 is 0 Å². The molecule has 0 aliphatic heterocycles. The smallest absolute Gasteiger partial charge is 0.101 e. The summed E-state index contributed by atoms with van der Waals surface area (Å²) in [6.45, 7) is 0. The van der Waals surface area contributed by atoms with Gasteiger partial charge in [0.1, 0.15) is 6.07 Å². The van der Waals surface area contributed by atoms with Crippen LogP contribution in [0, 0.1) is 16.7 Å². The van der Waals surface area contributed by atoms with Gasteiger partial charge in [0.25, 0.3) is 0 Å². The van der Waals surface area contributed by atoms with Crippen molar-refractivity contribution >= 4 is 18.0 Å². The molecule has 0 spiro atoms. The van der Waals surface area contributed by atoms with E-state index in [0.29, 0.717) is 11.5 Å². The lowest BCUT2D eigenvalue weighted by molar-refractivity contribution is 0.456. The van der Waals surface area contributed by atoms with Gasteiger partial charge in [-0.05, 0) is 48.6 Å². The zero-order chi connectivity index (χ0) is 18.4. The molecule has 3 rings (SSSR count). The quantitative estimate of drug-likeness (QED) is 0.533. The summed E-state index contributed by atoms with van der Waals surface area (Å²) in [6, 6.07) is 7.70. The number of hydrogen-bond acceptors (Lipinski definition) is 4. The molecule has 5 nitrogen and oxygen atoms in total. The fourth-order valence-electron chi connectivity index (χ4n) is 3.66. The molecule has 0 amide bonds. The molecule has 26 heavy (non-hydrogen) atoms. The van der Waals surface area contributed by atoms with E-state index in [4.69, 9.17) is 16.4 Å². The number of hydrogen-bond donors (Lipinski definition) is 3. The predicted molar refractivity (Wildman–Crippen MR) is 106 cm³/mol. The van der Waals surface area contributed by atoms with E-state index in [0.717, 1.165) is 29.0 Å². The van der Waals surface area contributed by atoms with Crippen molar-refractivity contribution in [2.24, 2.45) is 0 Å². The summed E-state index contributed by atoms with van der Waals surface area (Å²) in [4.78, 5) is 7.85. The number of nitrogens with one attached hydrogen (secondary N) is 2. The van der Waals surface area contributed by atoms with E-state index in [9.17, 15) is 0 Å². The van der Waals surface area contributed by atoms with Crippen LogP contribution < -0.4 is 5.73 Å². The van der Waals surface area contributed by atoms with E-state index in [1.54, 1.807) is 6.08 Å². The molecule has 1 aliphatic rings. The minimum atomic E-state index is 0.297. The Hall–Kier alpha value is -2.87. The van der Waals surface area contributed by atoms with E-state index in [2.05, 4.69) is 9.97 Å². The Morgan fingerprint density at radius 2 is 1.96 bits per heavy atom. The second-order valence-corrected chi connectivity index (χ2v) is 6.92. The normalized spacial score (nSPS) is 16.5. The first-order valence-corrected chi connectivity index (χ1v) is 9.28. The molecule has 1 aliphatic carbocycles. The topological polar surface area (TPSA) is 102 Å². The van der Waals surface area contributed by atoms with E-state index < -0.39 is 0 Å². The number of nitrogens with zero attached hydrogens (tertiary/aromatic N) is 2. The van der Waals surface area contributed by atoms with Crippen LogP contribution in [0.3, 0.4) is 0 Å². The molecule has 2 aromatic rings. The molecule has 1 fully saturated rings. The van der Waals surface area contributed by atoms with E-state index in [-0.39, 0.29) is 0 Å². The van der Waals surface area contributed by atoms with E-state index in [1.165, 1.54) is 50.5 Å². The number of anilines is 1. The summed E-state index contributed by atoms with van der Waals surface area (Å²) < 4.78 is 0. The highest BCUT2D eigenvalue weighted by Crippen LogP contribution is 2.34. The summed E-state index contributed by atoms with van der Waals surface area (Å²) >= 11 is 0. The maximum Gasteiger partial charge on any atom is 0.101 e. The predicted octanol–water partition coefficient (Wildman–Crippen LogP) is 5.04. The number of nitrogens with two attached hydrogens (primary N) is 1. The summed E-state index contributed by atoms with van der Waals surface area (Å²) in [5.74, 6) is 0.518. The number of pyridine rings is 1. The SMILES string of the molecule is N#C/C(C=N)=C/c1ccc(-c2cc(N)c(C3CCCCCCC3)cn2)[nH]1. The number of rotatable bonds is 4. The summed E-state index contributed by atoms with van der Waals surface area (Å²) in [5, 5.41) is 16.1. The molecule has 2 aromatic heterocycles. The standard InChI is InChI=1S/C21H25N5/c22-12-15(13-23)10-17-8-9-20(26-17)21-11-19(24)18(14-25-21)16-6-4-2-1-3-5-7-16/h8-12,14,16,22,26H,1-7H2,(H2,24,25)/b15-10+,22-12?. The van der Waals surface area contributed by atoms with Gasteiger partial charge in [-0.1, -0.05) is 32.1 Å². The van der Waals surface area contributed by atoms with Crippen molar-refractivity contribution < 1.29 is 0 Å². The Kier molecular flexibility index (Phi) is 5.85. The Bertz CT molecular complexity index is 832. The van der Waals surface area contributed by atoms with Crippen LogP contribution in [0.15, 0.2) is 30.0 Å². The molecule has 0 radical (unpaired) electrons. The average Bonchev–Trinajstić information content (AvgIpc) is 3.08. The Morgan fingerprint density at radius 3 is 2.62 bits per heavy atom. The number of aromatic nitrogens is 2. The van der Waals surface area contributed by atoms with Gasteiger partial charge in [-0.25, -0.2) is 0 Å². The summed E-state index contributed by atoms with van der Waals surface area (Å²) in [7, 11) is 0. The van der Waals surface area contributed by atoms with Crippen molar-refractivity contribution in [2.45, 2.75) is 50.9 Å². The first kappa shape index (κ1) is 17.9. The summed E-state index contributed by atoms with van der Waals surface area (Å²) in [6.07, 6.45) is 13.6. The summed E-state index contributed by atoms with van der Waals surface area (Å²) in [5.41, 5.74) is 11.1. The third-order valence-electron chi connectivity index (χ3n) is 5.09. The average molecular weight is 347 g/mol. The van der Waals surface area contributed by atoms with Gasteiger partial charge in [0.15, 0.2) is 0 Å². The van der Waals surface area contributed by atoms with Crippen molar-refractivity contribution in [2.75, 3.05) is 5.73 Å². The van der Waals surface area contributed by atoms with Gasteiger partial charge in [-0.15, -0.1) is 0 Å². The fraction of sp³-hybridized carbons (Fsp3) is 0.381. The molecular formula is C21H25N5. The first-order valence-electron chi connectivity index (χ1n) is 9.28. The molecule has 1 saturated carbocycles. The molecule has 2 heterocycles. The third-order valence-corrected chi connectivity index (χ3v) is 5.09. The molecule has 0 unspecified atom stereocenters. The van der Waals surface area contributed by atoms with Crippen LogP contribution >= 0.6 is 0 Å². The van der Waals surface area contributed by atoms with Gasteiger partial charge in [-0.2, -0.15) is 5.26 Å². The highest BCUT2D eigenvalue weighted by Gasteiger charge is 2.17. The van der Waals surface area contributed by atoms with Crippen molar-refractivity contribution in [1.29, 1.82) is 10.7 Å². The number of nitrogen functional groups attached to an aromatic ring is 1. The number of H-pyrrole nitrogens is 1.